The van der Waals surface area contributed by atoms with Crippen molar-refractivity contribution in [2.24, 2.45) is 0 Å². The molecule has 0 amide bonds. The van der Waals surface area contributed by atoms with Crippen molar-refractivity contribution < 1.29 is 19.4 Å². The maximum absolute atomic E-state index is 12.1. The number of carboxylic acid groups (broad SMARTS) is 1. The first-order chi connectivity index (χ1) is 10.1. The zero-order valence-corrected chi connectivity index (χ0v) is 13.6. The molecule has 0 bridgehead atoms. The third-order valence-corrected chi connectivity index (χ3v) is 5.14. The first kappa shape index (κ1) is 16.0. The summed E-state index contributed by atoms with van der Waals surface area (Å²) in [6, 6.07) is 3.65. The Morgan fingerprint density at radius 1 is 1.14 bits per heavy atom. The Hall–Kier alpha value is -1.36. The van der Waals surface area contributed by atoms with Gasteiger partial charge in [-0.3, -0.25) is 4.79 Å². The summed E-state index contributed by atoms with van der Waals surface area (Å²) in [6.45, 7) is 0. The van der Waals surface area contributed by atoms with Crippen LogP contribution in [0.3, 0.4) is 0 Å². The van der Waals surface area contributed by atoms with Crippen LogP contribution in [0, 0.1) is 0 Å². The lowest BCUT2D eigenvalue weighted by Crippen LogP contribution is -2.38. The monoisotopic (exact) mass is 310 g/mol. The van der Waals surface area contributed by atoms with E-state index >= 15 is 0 Å². The topological polar surface area (TPSA) is 55.8 Å². The number of rotatable bonds is 5. The Kier molecular flexibility index (Phi) is 5.04. The van der Waals surface area contributed by atoms with Crippen molar-refractivity contribution in [1.82, 2.24) is 0 Å². The summed E-state index contributed by atoms with van der Waals surface area (Å²) in [6.07, 6.45) is 6.20. The van der Waals surface area contributed by atoms with Gasteiger partial charge in [0, 0.05) is 5.56 Å². The third-order valence-electron chi connectivity index (χ3n) is 4.32. The second kappa shape index (κ2) is 6.60. The summed E-state index contributed by atoms with van der Waals surface area (Å²) in [4.78, 5) is 13.0. The maximum atomic E-state index is 12.1. The predicted molar refractivity (Wildman–Crippen MR) is 83.7 cm³/mol. The van der Waals surface area contributed by atoms with E-state index in [1.807, 2.05) is 18.4 Å². The Labute approximate surface area is 129 Å². The molecule has 1 aliphatic rings. The van der Waals surface area contributed by atoms with Gasteiger partial charge in [0.1, 0.15) is 11.5 Å². The van der Waals surface area contributed by atoms with Gasteiger partial charge in [-0.1, -0.05) is 19.3 Å². The SMILES string of the molecule is COc1ccc(OC)c(C2(C(=O)O)CCCCC2)c1SC. The molecule has 5 heteroatoms. The molecule has 1 aromatic rings. The molecule has 0 heterocycles. The molecule has 0 atom stereocenters. The van der Waals surface area contributed by atoms with Crippen molar-refractivity contribution in [2.75, 3.05) is 20.5 Å². The van der Waals surface area contributed by atoms with E-state index in [1.165, 1.54) is 11.8 Å². The zero-order valence-electron chi connectivity index (χ0n) is 12.8. The lowest BCUT2D eigenvalue weighted by molar-refractivity contribution is -0.145. The molecular weight excluding hydrogens is 288 g/mol. The van der Waals surface area contributed by atoms with Crippen LogP contribution in [0.4, 0.5) is 0 Å². The standard InChI is InChI=1S/C16H22O4S/c1-19-11-7-8-12(20-2)14(21-3)13(11)16(15(17)18)9-5-4-6-10-16/h7-8H,4-6,9-10H2,1-3H3,(H,17,18). The number of hydrogen-bond acceptors (Lipinski definition) is 4. The van der Waals surface area contributed by atoms with E-state index in [1.54, 1.807) is 14.2 Å². The van der Waals surface area contributed by atoms with Gasteiger partial charge in [-0.25, -0.2) is 0 Å². The Morgan fingerprint density at radius 3 is 2.19 bits per heavy atom. The molecule has 1 fully saturated rings. The zero-order chi connectivity index (χ0) is 15.5. The molecule has 0 unspecified atom stereocenters. The van der Waals surface area contributed by atoms with E-state index in [-0.39, 0.29) is 0 Å². The summed E-state index contributed by atoms with van der Waals surface area (Å²) < 4.78 is 10.9. The minimum atomic E-state index is -0.865. The van der Waals surface area contributed by atoms with E-state index in [2.05, 4.69) is 0 Å². The highest BCUT2D eigenvalue weighted by molar-refractivity contribution is 7.98. The van der Waals surface area contributed by atoms with Crippen LogP contribution in [0.15, 0.2) is 17.0 Å². The number of carbonyl (C=O) groups is 1. The number of methoxy groups -OCH3 is 2. The molecule has 21 heavy (non-hydrogen) atoms. The molecular formula is C16H22O4S. The highest BCUT2D eigenvalue weighted by atomic mass is 32.2. The van der Waals surface area contributed by atoms with Crippen LogP contribution in [0.1, 0.15) is 37.7 Å². The van der Waals surface area contributed by atoms with Gasteiger partial charge >= 0.3 is 5.97 Å². The van der Waals surface area contributed by atoms with Gasteiger partial charge in [-0.2, -0.15) is 0 Å². The van der Waals surface area contributed by atoms with Gasteiger partial charge in [0.15, 0.2) is 0 Å². The van der Waals surface area contributed by atoms with Gasteiger partial charge in [0.05, 0.1) is 24.5 Å². The normalized spacial score (nSPS) is 17.3. The molecule has 1 N–H and O–H groups in total. The number of hydrogen-bond donors (Lipinski definition) is 1. The van der Waals surface area contributed by atoms with Crippen LogP contribution in [-0.2, 0) is 10.2 Å². The van der Waals surface area contributed by atoms with Crippen molar-refractivity contribution in [3.63, 3.8) is 0 Å². The van der Waals surface area contributed by atoms with E-state index in [0.717, 1.165) is 29.7 Å². The van der Waals surface area contributed by atoms with Crippen LogP contribution >= 0.6 is 11.8 Å². The summed E-state index contributed by atoms with van der Waals surface area (Å²) in [5.74, 6) is 0.595. The van der Waals surface area contributed by atoms with Gasteiger partial charge in [0.2, 0.25) is 0 Å². The second-order valence-corrected chi connectivity index (χ2v) is 6.14. The van der Waals surface area contributed by atoms with Crippen molar-refractivity contribution >= 4 is 17.7 Å². The summed E-state index contributed by atoms with van der Waals surface area (Å²) in [5.41, 5.74) is -0.0831. The lowest BCUT2D eigenvalue weighted by atomic mass is 9.69. The highest BCUT2D eigenvalue weighted by Crippen LogP contribution is 2.50. The summed E-state index contributed by atoms with van der Waals surface area (Å²) in [5, 5.41) is 9.94. The molecule has 0 saturated heterocycles. The minimum absolute atomic E-state index is 0.643. The average Bonchev–Trinajstić information content (AvgIpc) is 2.53. The van der Waals surface area contributed by atoms with Crippen LogP contribution in [-0.4, -0.2) is 31.6 Å². The molecule has 0 spiro atoms. The first-order valence-electron chi connectivity index (χ1n) is 7.13. The van der Waals surface area contributed by atoms with E-state index in [4.69, 9.17) is 9.47 Å². The van der Waals surface area contributed by atoms with E-state index < -0.39 is 11.4 Å². The number of carboxylic acids is 1. The fourth-order valence-corrected chi connectivity index (χ4v) is 4.11. The van der Waals surface area contributed by atoms with Gasteiger partial charge in [-0.05, 0) is 31.2 Å². The number of thioether (sulfide) groups is 1. The highest BCUT2D eigenvalue weighted by Gasteiger charge is 2.45. The van der Waals surface area contributed by atoms with Crippen molar-refractivity contribution in [3.8, 4) is 11.5 Å². The Balaban J connectivity index is 2.70. The number of aliphatic carboxylic acids is 1. The van der Waals surface area contributed by atoms with Crippen molar-refractivity contribution in [2.45, 2.75) is 42.4 Å². The summed E-state index contributed by atoms with van der Waals surface area (Å²) >= 11 is 1.52. The van der Waals surface area contributed by atoms with E-state index in [9.17, 15) is 9.90 Å². The molecule has 1 aliphatic carbocycles. The fourth-order valence-electron chi connectivity index (χ4n) is 3.26. The van der Waals surface area contributed by atoms with Crippen LogP contribution in [0.25, 0.3) is 0 Å². The van der Waals surface area contributed by atoms with Crippen molar-refractivity contribution in [3.05, 3.63) is 17.7 Å². The Morgan fingerprint density at radius 2 is 1.71 bits per heavy atom. The molecule has 0 radical (unpaired) electrons. The van der Waals surface area contributed by atoms with Gasteiger partial charge < -0.3 is 14.6 Å². The van der Waals surface area contributed by atoms with E-state index in [0.29, 0.717) is 24.3 Å². The largest absolute Gasteiger partial charge is 0.496 e. The van der Waals surface area contributed by atoms with Crippen LogP contribution < -0.4 is 9.47 Å². The maximum Gasteiger partial charge on any atom is 0.314 e. The first-order valence-corrected chi connectivity index (χ1v) is 8.36. The average molecular weight is 310 g/mol. The van der Waals surface area contributed by atoms with Gasteiger partial charge in [0.25, 0.3) is 0 Å². The molecule has 4 nitrogen and oxygen atoms in total. The quantitative estimate of drug-likeness (QED) is 0.840. The summed E-state index contributed by atoms with van der Waals surface area (Å²) in [7, 11) is 3.20. The van der Waals surface area contributed by atoms with Crippen LogP contribution in [0.2, 0.25) is 0 Å². The fraction of sp³-hybridized carbons (Fsp3) is 0.562. The minimum Gasteiger partial charge on any atom is -0.496 e. The number of benzene rings is 1. The molecule has 2 rings (SSSR count). The second-order valence-electron chi connectivity index (χ2n) is 5.33. The lowest BCUT2D eigenvalue weighted by Gasteiger charge is -2.36. The molecule has 116 valence electrons. The van der Waals surface area contributed by atoms with Crippen molar-refractivity contribution in [1.29, 1.82) is 0 Å². The number of ether oxygens (including phenoxy) is 2. The molecule has 1 aromatic carbocycles. The smallest absolute Gasteiger partial charge is 0.314 e. The molecule has 0 aromatic heterocycles. The third kappa shape index (κ3) is 2.71. The Bertz CT molecular complexity index is 521. The molecule has 1 saturated carbocycles. The molecule has 0 aliphatic heterocycles. The van der Waals surface area contributed by atoms with Gasteiger partial charge in [-0.15, -0.1) is 11.8 Å². The predicted octanol–water partition coefficient (Wildman–Crippen LogP) is 3.71. The van der Waals surface area contributed by atoms with Crippen LogP contribution in [0.5, 0.6) is 11.5 Å².